The highest BCUT2D eigenvalue weighted by molar-refractivity contribution is 6.04. The number of carbonyl (C=O) groups excluding carboxylic acids is 1. The molecule has 174 valence electrons. The average Bonchev–Trinajstić information content (AvgIpc) is 3.09. The van der Waals surface area contributed by atoms with Crippen LogP contribution in [0.4, 0.5) is 11.5 Å². The number of benzene rings is 2. The first-order chi connectivity index (χ1) is 16.4. The van der Waals surface area contributed by atoms with E-state index >= 15 is 0 Å². The molecule has 6 heteroatoms. The molecule has 0 atom stereocenters. The fraction of sp³-hybridized carbons (Fsp3) is 0.321. The van der Waals surface area contributed by atoms with Gasteiger partial charge in [0.15, 0.2) is 5.65 Å². The first kappa shape index (κ1) is 22.1. The SMILES string of the molecule is Cc1cc(C)cc(NC(=O)c2nc(N3CCCCC3)c3c(C)c(C)n(-c4ccccc4)c3n2)c1. The molecule has 0 radical (unpaired) electrons. The van der Waals surface area contributed by atoms with Gasteiger partial charge in [-0.2, -0.15) is 0 Å². The number of nitrogens with zero attached hydrogens (tertiary/aromatic N) is 4. The summed E-state index contributed by atoms with van der Waals surface area (Å²) >= 11 is 0. The summed E-state index contributed by atoms with van der Waals surface area (Å²) in [6, 6.07) is 16.2. The van der Waals surface area contributed by atoms with Crippen molar-refractivity contribution < 1.29 is 4.79 Å². The number of carbonyl (C=O) groups is 1. The Morgan fingerprint density at radius 2 is 1.56 bits per heavy atom. The highest BCUT2D eigenvalue weighted by atomic mass is 16.2. The van der Waals surface area contributed by atoms with Crippen molar-refractivity contribution in [2.45, 2.75) is 47.0 Å². The quantitative estimate of drug-likeness (QED) is 0.418. The molecular formula is C28H31N5O. The number of aromatic nitrogens is 3. The number of anilines is 2. The van der Waals surface area contributed by atoms with Gasteiger partial charge in [0.1, 0.15) is 5.82 Å². The number of amides is 1. The molecule has 0 saturated carbocycles. The summed E-state index contributed by atoms with van der Waals surface area (Å²) in [5.74, 6) is 0.772. The van der Waals surface area contributed by atoms with Crippen molar-refractivity contribution in [2.75, 3.05) is 23.3 Å². The van der Waals surface area contributed by atoms with Crippen LogP contribution in [0.3, 0.4) is 0 Å². The lowest BCUT2D eigenvalue weighted by molar-refractivity contribution is 0.101. The van der Waals surface area contributed by atoms with Gasteiger partial charge in [-0.3, -0.25) is 9.36 Å². The van der Waals surface area contributed by atoms with E-state index < -0.39 is 0 Å². The van der Waals surface area contributed by atoms with Crippen molar-refractivity contribution in [3.05, 3.63) is 76.7 Å². The molecule has 1 saturated heterocycles. The number of rotatable bonds is 4. The van der Waals surface area contributed by atoms with Crippen LogP contribution in [-0.2, 0) is 0 Å². The minimum Gasteiger partial charge on any atom is -0.356 e. The first-order valence-corrected chi connectivity index (χ1v) is 12.0. The summed E-state index contributed by atoms with van der Waals surface area (Å²) in [7, 11) is 0. The zero-order valence-corrected chi connectivity index (χ0v) is 20.4. The van der Waals surface area contributed by atoms with Gasteiger partial charge in [-0.15, -0.1) is 0 Å². The van der Waals surface area contributed by atoms with E-state index in [4.69, 9.17) is 9.97 Å². The molecule has 1 N–H and O–H groups in total. The maximum absolute atomic E-state index is 13.4. The molecule has 1 aliphatic rings. The molecule has 2 aromatic heterocycles. The van der Waals surface area contributed by atoms with Crippen LogP contribution in [0.2, 0.25) is 0 Å². The third kappa shape index (κ3) is 4.04. The number of para-hydroxylation sites is 1. The van der Waals surface area contributed by atoms with E-state index in [9.17, 15) is 4.79 Å². The van der Waals surface area contributed by atoms with Gasteiger partial charge in [0.2, 0.25) is 5.82 Å². The summed E-state index contributed by atoms with van der Waals surface area (Å²) in [5.41, 5.74) is 7.04. The third-order valence-corrected chi connectivity index (χ3v) is 6.69. The summed E-state index contributed by atoms with van der Waals surface area (Å²) in [5, 5.41) is 4.06. The van der Waals surface area contributed by atoms with Crippen LogP contribution in [-0.4, -0.2) is 33.5 Å². The van der Waals surface area contributed by atoms with Crippen LogP contribution < -0.4 is 10.2 Å². The molecule has 1 amide bonds. The maximum atomic E-state index is 13.4. The van der Waals surface area contributed by atoms with Crippen LogP contribution in [0.5, 0.6) is 0 Å². The van der Waals surface area contributed by atoms with Gasteiger partial charge in [0, 0.05) is 30.2 Å². The lowest BCUT2D eigenvalue weighted by Crippen LogP contribution is -2.31. The fourth-order valence-corrected chi connectivity index (χ4v) is 5.01. The van der Waals surface area contributed by atoms with Gasteiger partial charge < -0.3 is 10.2 Å². The van der Waals surface area contributed by atoms with Crippen LogP contribution in [0.15, 0.2) is 48.5 Å². The second kappa shape index (κ2) is 8.93. The number of nitrogens with one attached hydrogen (secondary N) is 1. The van der Waals surface area contributed by atoms with Gasteiger partial charge in [0.05, 0.1) is 5.39 Å². The molecular weight excluding hydrogens is 422 g/mol. The van der Waals surface area contributed by atoms with E-state index in [0.29, 0.717) is 0 Å². The van der Waals surface area contributed by atoms with Crippen molar-refractivity contribution in [3.63, 3.8) is 0 Å². The Bertz CT molecular complexity index is 1350. The van der Waals surface area contributed by atoms with Crippen molar-refractivity contribution in [3.8, 4) is 5.69 Å². The van der Waals surface area contributed by atoms with Gasteiger partial charge in [0.25, 0.3) is 5.91 Å². The second-order valence-electron chi connectivity index (χ2n) is 9.33. The molecule has 5 rings (SSSR count). The Hall–Kier alpha value is -3.67. The van der Waals surface area contributed by atoms with Crippen molar-refractivity contribution >= 4 is 28.4 Å². The lowest BCUT2D eigenvalue weighted by Gasteiger charge is -2.28. The summed E-state index contributed by atoms with van der Waals surface area (Å²) < 4.78 is 2.15. The Kier molecular flexibility index (Phi) is 5.82. The largest absolute Gasteiger partial charge is 0.356 e. The summed E-state index contributed by atoms with van der Waals surface area (Å²) in [6.45, 7) is 10.2. The predicted octanol–water partition coefficient (Wildman–Crippen LogP) is 5.90. The standard InChI is InChI=1S/C28H31N5O/c1-18-15-19(2)17-22(16-18)29-28(34)25-30-26(32-13-9-6-10-14-32)24-20(3)21(4)33(27(24)31-25)23-11-7-5-8-12-23/h5,7-8,11-12,15-17H,6,9-10,13-14H2,1-4H3,(H,29,34). The highest BCUT2D eigenvalue weighted by Crippen LogP contribution is 2.34. The number of fused-ring (bicyclic) bond motifs is 1. The molecule has 1 fully saturated rings. The fourth-order valence-electron chi connectivity index (χ4n) is 5.01. The molecule has 4 aromatic rings. The van der Waals surface area contributed by atoms with Crippen LogP contribution in [0.25, 0.3) is 16.7 Å². The normalized spacial score (nSPS) is 13.9. The van der Waals surface area contributed by atoms with Crippen molar-refractivity contribution in [1.29, 1.82) is 0 Å². The zero-order valence-electron chi connectivity index (χ0n) is 20.4. The number of piperidine rings is 1. The molecule has 1 aliphatic heterocycles. The monoisotopic (exact) mass is 453 g/mol. The van der Waals surface area contributed by atoms with Gasteiger partial charge >= 0.3 is 0 Å². The van der Waals surface area contributed by atoms with E-state index in [1.165, 1.54) is 6.42 Å². The minimum absolute atomic E-state index is 0.196. The summed E-state index contributed by atoms with van der Waals surface area (Å²) in [6.07, 6.45) is 3.49. The van der Waals surface area contributed by atoms with Gasteiger partial charge in [-0.25, -0.2) is 9.97 Å². The second-order valence-corrected chi connectivity index (χ2v) is 9.33. The molecule has 2 aromatic carbocycles. The number of hydrogen-bond acceptors (Lipinski definition) is 4. The highest BCUT2D eigenvalue weighted by Gasteiger charge is 2.25. The topological polar surface area (TPSA) is 63.1 Å². The lowest BCUT2D eigenvalue weighted by atomic mass is 10.1. The van der Waals surface area contributed by atoms with E-state index in [0.717, 1.165) is 76.5 Å². The van der Waals surface area contributed by atoms with E-state index in [1.54, 1.807) is 0 Å². The van der Waals surface area contributed by atoms with E-state index in [2.05, 4.69) is 46.8 Å². The minimum atomic E-state index is -0.290. The van der Waals surface area contributed by atoms with E-state index in [1.807, 2.05) is 44.2 Å². The Labute approximate surface area is 200 Å². The molecule has 34 heavy (non-hydrogen) atoms. The number of hydrogen-bond donors (Lipinski definition) is 1. The Morgan fingerprint density at radius 1 is 0.882 bits per heavy atom. The van der Waals surface area contributed by atoms with Crippen molar-refractivity contribution in [2.24, 2.45) is 0 Å². The Balaban J connectivity index is 1.68. The third-order valence-electron chi connectivity index (χ3n) is 6.69. The maximum Gasteiger partial charge on any atom is 0.293 e. The first-order valence-electron chi connectivity index (χ1n) is 12.0. The molecule has 0 aliphatic carbocycles. The predicted molar refractivity (Wildman–Crippen MR) is 138 cm³/mol. The molecule has 3 heterocycles. The van der Waals surface area contributed by atoms with E-state index in [-0.39, 0.29) is 11.7 Å². The zero-order chi connectivity index (χ0) is 23.8. The molecule has 6 nitrogen and oxygen atoms in total. The van der Waals surface area contributed by atoms with Crippen LogP contribution in [0, 0.1) is 27.7 Å². The average molecular weight is 454 g/mol. The smallest absolute Gasteiger partial charge is 0.293 e. The summed E-state index contributed by atoms with van der Waals surface area (Å²) in [4.78, 5) is 25.4. The Morgan fingerprint density at radius 3 is 2.24 bits per heavy atom. The van der Waals surface area contributed by atoms with Gasteiger partial charge in [-0.1, -0.05) is 24.3 Å². The van der Waals surface area contributed by atoms with Gasteiger partial charge in [-0.05, 0) is 87.9 Å². The van der Waals surface area contributed by atoms with Crippen LogP contribution >= 0.6 is 0 Å². The molecule has 0 unspecified atom stereocenters. The van der Waals surface area contributed by atoms with Crippen LogP contribution in [0.1, 0.15) is 52.3 Å². The van der Waals surface area contributed by atoms with Crippen molar-refractivity contribution in [1.82, 2.24) is 14.5 Å². The molecule has 0 spiro atoms. The molecule has 0 bridgehead atoms. The number of aryl methyl sites for hydroxylation is 3.